The molecule has 0 spiro atoms. The van der Waals surface area contributed by atoms with Gasteiger partial charge in [0.1, 0.15) is 4.88 Å². The topological polar surface area (TPSA) is 55.1 Å². The van der Waals surface area contributed by atoms with E-state index in [0.717, 1.165) is 4.47 Å². The molecule has 0 radical (unpaired) electrons. The van der Waals surface area contributed by atoms with Crippen LogP contribution in [0.3, 0.4) is 0 Å². The summed E-state index contributed by atoms with van der Waals surface area (Å²) in [6.07, 6.45) is 0. The minimum atomic E-state index is -0.194. The second kappa shape index (κ2) is 5.08. The number of anilines is 2. The number of nitrogen functional groups attached to an aromatic ring is 1. The number of halogens is 2. The van der Waals surface area contributed by atoms with Crippen molar-refractivity contribution in [1.82, 2.24) is 0 Å². The number of hydrogen-bond donors (Lipinski definition) is 2. The van der Waals surface area contributed by atoms with Crippen molar-refractivity contribution < 1.29 is 4.79 Å². The molecule has 0 saturated heterocycles. The summed E-state index contributed by atoms with van der Waals surface area (Å²) in [4.78, 5) is 12.5. The fourth-order valence-electron chi connectivity index (χ4n) is 1.28. The van der Waals surface area contributed by atoms with Gasteiger partial charge in [-0.05, 0) is 45.6 Å². The summed E-state index contributed by atoms with van der Waals surface area (Å²) in [6.45, 7) is 0. The van der Waals surface area contributed by atoms with E-state index < -0.39 is 0 Å². The van der Waals surface area contributed by atoms with Crippen LogP contribution in [0, 0.1) is 0 Å². The Kier molecular flexibility index (Phi) is 3.71. The molecule has 2 aromatic rings. The second-order valence-electron chi connectivity index (χ2n) is 3.28. The molecule has 0 aliphatic heterocycles. The molecule has 1 aromatic carbocycles. The van der Waals surface area contributed by atoms with E-state index in [1.807, 2.05) is 11.4 Å². The van der Waals surface area contributed by atoms with Crippen molar-refractivity contribution in [2.45, 2.75) is 0 Å². The maximum absolute atomic E-state index is 11.9. The van der Waals surface area contributed by atoms with Gasteiger partial charge in [0.05, 0.1) is 11.4 Å². The van der Waals surface area contributed by atoms with E-state index in [-0.39, 0.29) is 5.91 Å². The van der Waals surface area contributed by atoms with E-state index in [4.69, 9.17) is 17.3 Å². The third kappa shape index (κ3) is 2.80. The van der Waals surface area contributed by atoms with Crippen LogP contribution >= 0.6 is 38.9 Å². The summed E-state index contributed by atoms with van der Waals surface area (Å²) in [5, 5.41) is 5.12. The van der Waals surface area contributed by atoms with Gasteiger partial charge in [-0.25, -0.2) is 0 Å². The van der Waals surface area contributed by atoms with Gasteiger partial charge in [0.15, 0.2) is 0 Å². The Morgan fingerprint density at radius 1 is 1.41 bits per heavy atom. The molecule has 0 unspecified atom stereocenters. The van der Waals surface area contributed by atoms with Crippen LogP contribution in [0.4, 0.5) is 11.4 Å². The fraction of sp³-hybridized carbons (Fsp3) is 0. The average molecular weight is 332 g/mol. The maximum atomic E-state index is 11.9. The number of nitrogens with one attached hydrogen (secondary N) is 1. The van der Waals surface area contributed by atoms with Crippen molar-refractivity contribution in [3.8, 4) is 0 Å². The van der Waals surface area contributed by atoms with Crippen LogP contribution in [0.5, 0.6) is 0 Å². The minimum Gasteiger partial charge on any atom is -0.397 e. The summed E-state index contributed by atoms with van der Waals surface area (Å²) in [7, 11) is 0. The van der Waals surface area contributed by atoms with E-state index in [1.165, 1.54) is 11.3 Å². The highest BCUT2D eigenvalue weighted by atomic mass is 79.9. The van der Waals surface area contributed by atoms with Gasteiger partial charge in [0.2, 0.25) is 0 Å². The molecule has 0 saturated carbocycles. The Morgan fingerprint density at radius 3 is 2.76 bits per heavy atom. The Balaban J connectivity index is 2.22. The highest BCUT2D eigenvalue weighted by Gasteiger charge is 2.12. The summed E-state index contributed by atoms with van der Waals surface area (Å²) in [5.41, 5.74) is 6.75. The molecule has 0 atom stereocenters. The van der Waals surface area contributed by atoms with E-state index in [1.54, 1.807) is 18.2 Å². The van der Waals surface area contributed by atoms with Crippen LogP contribution in [-0.4, -0.2) is 5.91 Å². The monoisotopic (exact) mass is 330 g/mol. The molecule has 1 heterocycles. The quantitative estimate of drug-likeness (QED) is 0.817. The predicted octanol–water partition coefficient (Wildman–Crippen LogP) is 4.00. The van der Waals surface area contributed by atoms with Gasteiger partial charge in [-0.15, -0.1) is 11.3 Å². The molecule has 2 rings (SSSR count). The van der Waals surface area contributed by atoms with Crippen molar-refractivity contribution in [2.24, 2.45) is 0 Å². The normalized spacial score (nSPS) is 10.2. The molecule has 0 fully saturated rings. The molecule has 1 aromatic heterocycles. The lowest BCUT2D eigenvalue weighted by atomic mass is 10.2. The molecule has 0 bridgehead atoms. The van der Waals surface area contributed by atoms with Crippen molar-refractivity contribution >= 4 is 56.1 Å². The van der Waals surface area contributed by atoms with Gasteiger partial charge in [0, 0.05) is 9.50 Å². The average Bonchev–Trinajstić information content (AvgIpc) is 2.68. The third-order valence-corrected chi connectivity index (χ3v) is 4.16. The van der Waals surface area contributed by atoms with E-state index in [0.29, 0.717) is 21.3 Å². The molecular weight excluding hydrogens is 324 g/mol. The number of hydrogen-bond acceptors (Lipinski definition) is 3. The number of nitrogens with two attached hydrogens (primary N) is 1. The van der Waals surface area contributed by atoms with Crippen molar-refractivity contribution in [2.75, 3.05) is 11.1 Å². The van der Waals surface area contributed by atoms with Crippen molar-refractivity contribution in [1.29, 1.82) is 0 Å². The highest BCUT2D eigenvalue weighted by molar-refractivity contribution is 9.10. The lowest BCUT2D eigenvalue weighted by molar-refractivity contribution is 0.103. The lowest BCUT2D eigenvalue weighted by Gasteiger charge is -2.07. The van der Waals surface area contributed by atoms with E-state index >= 15 is 0 Å². The zero-order chi connectivity index (χ0) is 12.4. The molecule has 17 heavy (non-hydrogen) atoms. The molecule has 1 amide bonds. The predicted molar refractivity (Wildman–Crippen MR) is 75.8 cm³/mol. The second-order valence-corrected chi connectivity index (χ2v) is 5.49. The third-order valence-electron chi connectivity index (χ3n) is 2.09. The van der Waals surface area contributed by atoms with Gasteiger partial charge < -0.3 is 11.1 Å². The maximum Gasteiger partial charge on any atom is 0.266 e. The van der Waals surface area contributed by atoms with Crippen LogP contribution in [0.2, 0.25) is 5.02 Å². The molecule has 3 N–H and O–H groups in total. The smallest absolute Gasteiger partial charge is 0.266 e. The summed E-state index contributed by atoms with van der Waals surface area (Å²) in [5.74, 6) is -0.194. The first-order valence-corrected chi connectivity index (χ1v) is 6.72. The summed E-state index contributed by atoms with van der Waals surface area (Å²) >= 11 is 10.4. The number of benzene rings is 1. The number of carbonyl (C=O) groups is 1. The first kappa shape index (κ1) is 12.4. The van der Waals surface area contributed by atoms with Gasteiger partial charge in [-0.2, -0.15) is 0 Å². The standard InChI is InChI=1S/C11H8BrClN2OS/c12-7-3-4-17-10(7)11(16)15-9-2-1-6(13)5-8(9)14/h1-5H,14H2,(H,15,16). The lowest BCUT2D eigenvalue weighted by Crippen LogP contribution is -2.12. The molecule has 88 valence electrons. The van der Waals surface area contributed by atoms with Crippen LogP contribution < -0.4 is 11.1 Å². The van der Waals surface area contributed by atoms with Crippen LogP contribution in [0.1, 0.15) is 9.67 Å². The molecule has 6 heteroatoms. The zero-order valence-corrected chi connectivity index (χ0v) is 11.7. The highest BCUT2D eigenvalue weighted by Crippen LogP contribution is 2.26. The Hall–Kier alpha value is -1.04. The Labute approximate surface area is 116 Å². The first-order valence-electron chi connectivity index (χ1n) is 4.67. The Bertz CT molecular complexity index is 570. The number of rotatable bonds is 2. The van der Waals surface area contributed by atoms with Gasteiger partial charge in [0.25, 0.3) is 5.91 Å². The molecule has 3 nitrogen and oxygen atoms in total. The Morgan fingerprint density at radius 2 is 2.18 bits per heavy atom. The summed E-state index contributed by atoms with van der Waals surface area (Å²) in [6, 6.07) is 6.78. The van der Waals surface area contributed by atoms with Crippen molar-refractivity contribution in [3.63, 3.8) is 0 Å². The SMILES string of the molecule is Nc1cc(Cl)ccc1NC(=O)c1sccc1Br. The number of carbonyl (C=O) groups excluding carboxylic acids is 1. The van der Waals surface area contributed by atoms with Gasteiger partial charge >= 0.3 is 0 Å². The van der Waals surface area contributed by atoms with E-state index in [9.17, 15) is 4.79 Å². The fourth-order valence-corrected chi connectivity index (χ4v) is 2.91. The number of amides is 1. The minimum absolute atomic E-state index is 0.194. The molecular formula is C11H8BrClN2OS. The van der Waals surface area contributed by atoms with Gasteiger partial charge in [-0.1, -0.05) is 11.6 Å². The molecule has 0 aliphatic carbocycles. The largest absolute Gasteiger partial charge is 0.397 e. The van der Waals surface area contributed by atoms with Gasteiger partial charge in [-0.3, -0.25) is 4.79 Å². The summed E-state index contributed by atoms with van der Waals surface area (Å²) < 4.78 is 0.771. The van der Waals surface area contributed by atoms with E-state index in [2.05, 4.69) is 21.2 Å². The van der Waals surface area contributed by atoms with Crippen molar-refractivity contribution in [3.05, 3.63) is 44.0 Å². The first-order chi connectivity index (χ1) is 8.08. The zero-order valence-electron chi connectivity index (χ0n) is 8.54. The van der Waals surface area contributed by atoms with Crippen LogP contribution in [0.25, 0.3) is 0 Å². The van der Waals surface area contributed by atoms with Crippen LogP contribution in [-0.2, 0) is 0 Å². The van der Waals surface area contributed by atoms with Crippen LogP contribution in [0.15, 0.2) is 34.1 Å². The molecule has 0 aliphatic rings. The number of thiophene rings is 1.